The van der Waals surface area contributed by atoms with E-state index in [-0.39, 0.29) is 0 Å². The van der Waals surface area contributed by atoms with Gasteiger partial charge in [-0.2, -0.15) is 0 Å². The van der Waals surface area contributed by atoms with Crippen LogP contribution in [-0.4, -0.2) is 15.6 Å². The number of carbonyl (C=O) groups is 1. The molecule has 3 heteroatoms. The van der Waals surface area contributed by atoms with E-state index in [0.717, 1.165) is 25.7 Å². The van der Waals surface area contributed by atoms with Crippen molar-refractivity contribution in [2.45, 2.75) is 62.8 Å². The molecule has 0 aliphatic heterocycles. The summed E-state index contributed by atoms with van der Waals surface area (Å²) in [6.45, 7) is 0. The van der Waals surface area contributed by atoms with Gasteiger partial charge in [0.2, 0.25) is 0 Å². The van der Waals surface area contributed by atoms with Gasteiger partial charge in [-0.3, -0.25) is 0 Å². The van der Waals surface area contributed by atoms with Gasteiger partial charge in [-0.25, -0.2) is 4.79 Å². The molecule has 0 radical (unpaired) electrons. The summed E-state index contributed by atoms with van der Waals surface area (Å²) in [5.74, 6) is -0.0443. The standard InChI is InChI=1S/C15H21NO2/c17-14(18)15(9-2-1-3-10-15)16-11-5-8-13(16)12-6-4-7-12/h5,8,11-12H,1-4,6-7,9-10H2,(H,17,18). The summed E-state index contributed by atoms with van der Waals surface area (Å²) >= 11 is 0. The summed E-state index contributed by atoms with van der Waals surface area (Å²) < 4.78 is 2.10. The molecule has 0 unspecified atom stereocenters. The highest BCUT2D eigenvalue weighted by Gasteiger charge is 2.43. The summed E-state index contributed by atoms with van der Waals surface area (Å²) in [4.78, 5) is 11.8. The average molecular weight is 247 g/mol. The molecular formula is C15H21NO2. The molecule has 1 heterocycles. The fraction of sp³-hybridized carbons (Fsp3) is 0.667. The van der Waals surface area contributed by atoms with Gasteiger partial charge in [0.1, 0.15) is 5.54 Å². The van der Waals surface area contributed by atoms with Crippen molar-refractivity contribution < 1.29 is 9.90 Å². The lowest BCUT2D eigenvalue weighted by Crippen LogP contribution is -2.44. The van der Waals surface area contributed by atoms with Gasteiger partial charge in [0.05, 0.1) is 0 Å². The maximum atomic E-state index is 11.8. The zero-order chi connectivity index (χ0) is 12.6. The zero-order valence-corrected chi connectivity index (χ0v) is 10.8. The van der Waals surface area contributed by atoms with E-state index in [4.69, 9.17) is 0 Å². The van der Waals surface area contributed by atoms with E-state index in [1.807, 2.05) is 12.3 Å². The lowest BCUT2D eigenvalue weighted by atomic mass is 9.78. The van der Waals surface area contributed by atoms with Crippen LogP contribution in [0.4, 0.5) is 0 Å². The van der Waals surface area contributed by atoms with Gasteiger partial charge in [0.15, 0.2) is 0 Å². The number of aromatic nitrogens is 1. The molecule has 2 aliphatic rings. The molecule has 2 fully saturated rings. The third-order valence-electron chi connectivity index (χ3n) is 4.84. The molecule has 2 aliphatic carbocycles. The lowest BCUT2D eigenvalue weighted by Gasteiger charge is -2.39. The highest BCUT2D eigenvalue weighted by Crippen LogP contribution is 2.42. The van der Waals surface area contributed by atoms with E-state index >= 15 is 0 Å². The minimum absolute atomic E-state index is 0.596. The number of hydrogen-bond acceptors (Lipinski definition) is 1. The summed E-state index contributed by atoms with van der Waals surface area (Å²) in [5.41, 5.74) is 0.595. The van der Waals surface area contributed by atoms with Crippen LogP contribution < -0.4 is 0 Å². The predicted molar refractivity (Wildman–Crippen MR) is 69.7 cm³/mol. The number of rotatable bonds is 3. The lowest BCUT2D eigenvalue weighted by molar-refractivity contribution is -0.149. The molecule has 0 atom stereocenters. The molecule has 0 aromatic carbocycles. The number of carboxylic acid groups (broad SMARTS) is 1. The first-order valence-electron chi connectivity index (χ1n) is 7.15. The highest BCUT2D eigenvalue weighted by molar-refractivity contribution is 5.77. The third-order valence-corrected chi connectivity index (χ3v) is 4.84. The number of aliphatic carboxylic acids is 1. The molecule has 3 rings (SSSR count). The van der Waals surface area contributed by atoms with Gasteiger partial charge < -0.3 is 9.67 Å². The van der Waals surface area contributed by atoms with Gasteiger partial charge in [0, 0.05) is 11.9 Å². The molecule has 0 spiro atoms. The molecule has 0 bridgehead atoms. The number of nitrogens with zero attached hydrogens (tertiary/aromatic N) is 1. The SMILES string of the molecule is O=C(O)C1(n2cccc2C2CCC2)CCCCC1. The van der Waals surface area contributed by atoms with Crippen LogP contribution in [0.15, 0.2) is 18.3 Å². The summed E-state index contributed by atoms with van der Waals surface area (Å²) in [6, 6.07) is 4.15. The van der Waals surface area contributed by atoms with Gasteiger partial charge >= 0.3 is 5.97 Å². The first-order valence-corrected chi connectivity index (χ1v) is 7.15. The van der Waals surface area contributed by atoms with E-state index in [1.54, 1.807) is 0 Å². The molecule has 18 heavy (non-hydrogen) atoms. The Kier molecular flexibility index (Phi) is 2.92. The Morgan fingerprint density at radius 3 is 2.50 bits per heavy atom. The minimum Gasteiger partial charge on any atom is -0.479 e. The molecule has 0 saturated heterocycles. The molecule has 3 nitrogen and oxygen atoms in total. The van der Waals surface area contributed by atoms with Gasteiger partial charge in [-0.15, -0.1) is 0 Å². The Labute approximate surface area is 108 Å². The second kappa shape index (κ2) is 4.45. The molecule has 2 saturated carbocycles. The van der Waals surface area contributed by atoms with E-state index in [2.05, 4.69) is 10.6 Å². The molecule has 0 amide bonds. The second-order valence-electron chi connectivity index (χ2n) is 5.83. The van der Waals surface area contributed by atoms with Crippen molar-refractivity contribution in [1.82, 2.24) is 4.57 Å². The Morgan fingerprint density at radius 2 is 1.94 bits per heavy atom. The molecular weight excluding hydrogens is 226 g/mol. The van der Waals surface area contributed by atoms with E-state index < -0.39 is 11.5 Å². The van der Waals surface area contributed by atoms with Gasteiger partial charge in [0.25, 0.3) is 0 Å². The molecule has 1 N–H and O–H groups in total. The van der Waals surface area contributed by atoms with Gasteiger partial charge in [-0.05, 0) is 43.7 Å². The third kappa shape index (κ3) is 1.68. The normalized spacial score (nSPS) is 23.6. The monoisotopic (exact) mass is 247 g/mol. The van der Waals surface area contributed by atoms with Crippen LogP contribution in [0.25, 0.3) is 0 Å². The Bertz CT molecular complexity index is 439. The Hall–Kier alpha value is -1.25. The van der Waals surface area contributed by atoms with Crippen molar-refractivity contribution in [2.75, 3.05) is 0 Å². The van der Waals surface area contributed by atoms with Crippen molar-refractivity contribution in [3.8, 4) is 0 Å². The van der Waals surface area contributed by atoms with Gasteiger partial charge in [-0.1, -0.05) is 25.7 Å². The smallest absolute Gasteiger partial charge is 0.329 e. The Morgan fingerprint density at radius 1 is 1.22 bits per heavy atom. The average Bonchev–Trinajstić information content (AvgIpc) is 2.77. The van der Waals surface area contributed by atoms with Crippen LogP contribution >= 0.6 is 0 Å². The zero-order valence-electron chi connectivity index (χ0n) is 10.8. The first kappa shape index (κ1) is 11.8. The Balaban J connectivity index is 1.99. The van der Waals surface area contributed by atoms with Crippen LogP contribution in [0, 0.1) is 0 Å². The van der Waals surface area contributed by atoms with Crippen LogP contribution in [0.3, 0.4) is 0 Å². The van der Waals surface area contributed by atoms with Crippen molar-refractivity contribution in [2.24, 2.45) is 0 Å². The van der Waals surface area contributed by atoms with Crippen LogP contribution in [0.2, 0.25) is 0 Å². The highest BCUT2D eigenvalue weighted by atomic mass is 16.4. The van der Waals surface area contributed by atoms with Crippen molar-refractivity contribution in [1.29, 1.82) is 0 Å². The maximum absolute atomic E-state index is 11.8. The van der Waals surface area contributed by atoms with Crippen LogP contribution in [0.1, 0.15) is 63.0 Å². The van der Waals surface area contributed by atoms with Crippen LogP contribution in [0.5, 0.6) is 0 Å². The fourth-order valence-corrected chi connectivity index (χ4v) is 3.52. The minimum atomic E-state index is -0.660. The fourth-order valence-electron chi connectivity index (χ4n) is 3.52. The van der Waals surface area contributed by atoms with E-state index in [1.165, 1.54) is 31.4 Å². The first-order chi connectivity index (χ1) is 8.74. The van der Waals surface area contributed by atoms with E-state index in [9.17, 15) is 9.90 Å². The molecule has 1 aromatic heterocycles. The molecule has 98 valence electrons. The van der Waals surface area contributed by atoms with Crippen molar-refractivity contribution >= 4 is 5.97 Å². The molecule has 1 aromatic rings. The predicted octanol–water partition coefficient (Wildman–Crippen LogP) is 3.50. The topological polar surface area (TPSA) is 42.2 Å². The van der Waals surface area contributed by atoms with E-state index in [0.29, 0.717) is 5.92 Å². The maximum Gasteiger partial charge on any atom is 0.329 e. The van der Waals surface area contributed by atoms with Crippen molar-refractivity contribution in [3.05, 3.63) is 24.0 Å². The van der Waals surface area contributed by atoms with Crippen molar-refractivity contribution in [3.63, 3.8) is 0 Å². The summed E-state index contributed by atoms with van der Waals surface area (Å²) in [5, 5.41) is 9.74. The summed E-state index contributed by atoms with van der Waals surface area (Å²) in [6.07, 6.45) is 10.5. The number of hydrogen-bond donors (Lipinski definition) is 1. The second-order valence-corrected chi connectivity index (χ2v) is 5.83. The largest absolute Gasteiger partial charge is 0.479 e. The summed E-state index contributed by atoms with van der Waals surface area (Å²) in [7, 11) is 0. The number of carboxylic acids is 1. The van der Waals surface area contributed by atoms with Crippen LogP contribution in [-0.2, 0) is 10.3 Å². The quantitative estimate of drug-likeness (QED) is 0.888.